The Labute approximate surface area is 148 Å². The first-order valence-corrected chi connectivity index (χ1v) is 9.58. The maximum Gasteiger partial charge on any atom is 0.315 e. The summed E-state index contributed by atoms with van der Waals surface area (Å²) in [6, 6.07) is -0.00449. The van der Waals surface area contributed by atoms with Crippen LogP contribution in [0.5, 0.6) is 0 Å². The molecule has 2 saturated carbocycles. The number of rotatable bonds is 6. The number of hydrogen-bond acceptors (Lipinski definition) is 2. The SMILES string of the molecule is CCC1CC2CC(C1)CC(C)(NC(=O)NCCCn1ccnc1)C2.[HH].[HH]. The Morgan fingerprint density at radius 1 is 1.33 bits per heavy atom. The van der Waals surface area contributed by atoms with E-state index >= 15 is 0 Å². The van der Waals surface area contributed by atoms with Crippen molar-refractivity contribution >= 4 is 6.03 Å². The Morgan fingerprint density at radius 3 is 2.71 bits per heavy atom. The Morgan fingerprint density at radius 2 is 2.08 bits per heavy atom. The van der Waals surface area contributed by atoms with Crippen molar-refractivity contribution < 1.29 is 7.65 Å². The maximum atomic E-state index is 12.3. The van der Waals surface area contributed by atoms with Gasteiger partial charge in [-0.3, -0.25) is 0 Å². The second-order valence-corrected chi connectivity index (χ2v) is 8.22. The van der Waals surface area contributed by atoms with Gasteiger partial charge in [0, 0.05) is 33.9 Å². The quantitative estimate of drug-likeness (QED) is 0.770. The molecule has 0 spiro atoms. The summed E-state index contributed by atoms with van der Waals surface area (Å²) in [5.41, 5.74) is -0.0271. The third kappa shape index (κ3) is 4.52. The van der Waals surface area contributed by atoms with Gasteiger partial charge < -0.3 is 15.2 Å². The van der Waals surface area contributed by atoms with Gasteiger partial charge in [0.15, 0.2) is 0 Å². The molecule has 2 unspecified atom stereocenters. The molecule has 0 aliphatic heterocycles. The summed E-state index contributed by atoms with van der Waals surface area (Å²) >= 11 is 0. The first kappa shape index (κ1) is 17.3. The molecule has 24 heavy (non-hydrogen) atoms. The van der Waals surface area contributed by atoms with Crippen molar-refractivity contribution in [3.05, 3.63) is 18.7 Å². The minimum Gasteiger partial charge on any atom is -0.338 e. The van der Waals surface area contributed by atoms with E-state index in [4.69, 9.17) is 0 Å². The molecular formula is C19H36N4O. The van der Waals surface area contributed by atoms with Gasteiger partial charge in [-0.25, -0.2) is 9.78 Å². The van der Waals surface area contributed by atoms with E-state index in [-0.39, 0.29) is 14.4 Å². The zero-order valence-corrected chi connectivity index (χ0v) is 15.1. The van der Waals surface area contributed by atoms with E-state index in [1.165, 1.54) is 25.7 Å². The van der Waals surface area contributed by atoms with Gasteiger partial charge in [0.1, 0.15) is 0 Å². The Bertz CT molecular complexity index is 524. The second kappa shape index (κ2) is 7.58. The molecule has 0 saturated heterocycles. The summed E-state index contributed by atoms with van der Waals surface area (Å²) in [4.78, 5) is 16.3. The highest BCUT2D eigenvalue weighted by atomic mass is 16.2. The lowest BCUT2D eigenvalue weighted by molar-refractivity contribution is 0.0718. The summed E-state index contributed by atoms with van der Waals surface area (Å²) in [6.45, 7) is 6.15. The number of nitrogens with zero attached hydrogens (tertiary/aromatic N) is 2. The van der Waals surface area contributed by atoms with Crippen molar-refractivity contribution in [3.8, 4) is 0 Å². The largest absolute Gasteiger partial charge is 0.338 e. The van der Waals surface area contributed by atoms with Crippen molar-refractivity contribution in [2.45, 2.75) is 70.9 Å². The number of aryl methyl sites for hydroxylation is 1. The van der Waals surface area contributed by atoms with Crippen molar-refractivity contribution in [1.82, 2.24) is 20.2 Å². The number of fused-ring (bicyclic) bond motifs is 2. The molecule has 3 rings (SSSR count). The smallest absolute Gasteiger partial charge is 0.315 e. The van der Waals surface area contributed by atoms with Gasteiger partial charge in [-0.15, -0.1) is 0 Å². The van der Waals surface area contributed by atoms with Crippen LogP contribution < -0.4 is 10.6 Å². The number of nitrogens with one attached hydrogen (secondary N) is 2. The van der Waals surface area contributed by atoms with Gasteiger partial charge in [0.25, 0.3) is 0 Å². The molecule has 1 heterocycles. The van der Waals surface area contributed by atoms with Gasteiger partial charge in [0.2, 0.25) is 0 Å². The fourth-order valence-electron chi connectivity index (χ4n) is 5.03. The van der Waals surface area contributed by atoms with Crippen LogP contribution >= 0.6 is 0 Å². The monoisotopic (exact) mass is 336 g/mol. The molecule has 5 heteroatoms. The Balaban J connectivity index is 0.00000169. The third-order valence-corrected chi connectivity index (χ3v) is 5.91. The molecule has 5 nitrogen and oxygen atoms in total. The standard InChI is InChI=1S/C19H32N4O.2H2/c1-3-15-9-16-11-17(10-15)13-19(2,12-16)22-18(24)21-5-4-7-23-8-6-20-14-23;;/h6,8,14-17H,3-5,7,9-13H2,1-2H3,(H2,21,22,24);2*1H. The van der Waals surface area contributed by atoms with Gasteiger partial charge >= 0.3 is 6.03 Å². The topological polar surface area (TPSA) is 59.0 Å². The molecule has 2 amide bonds. The molecule has 138 valence electrons. The van der Waals surface area contributed by atoms with Crippen molar-refractivity contribution in [1.29, 1.82) is 0 Å². The van der Waals surface area contributed by atoms with Gasteiger partial charge in [-0.2, -0.15) is 0 Å². The number of hydrogen-bond donors (Lipinski definition) is 2. The summed E-state index contributed by atoms with van der Waals surface area (Å²) in [6.07, 6.45) is 14.2. The molecule has 2 N–H and O–H groups in total. The highest BCUT2D eigenvalue weighted by Crippen LogP contribution is 2.47. The average Bonchev–Trinajstić information content (AvgIpc) is 3.03. The van der Waals surface area contributed by atoms with E-state index in [1.54, 1.807) is 6.20 Å². The van der Waals surface area contributed by atoms with E-state index < -0.39 is 0 Å². The fourth-order valence-corrected chi connectivity index (χ4v) is 5.03. The van der Waals surface area contributed by atoms with E-state index in [2.05, 4.69) is 29.5 Å². The number of aromatic nitrogens is 2. The lowest BCUT2D eigenvalue weighted by Crippen LogP contribution is -2.55. The van der Waals surface area contributed by atoms with E-state index in [9.17, 15) is 4.79 Å². The number of carbonyl (C=O) groups is 1. The molecule has 2 aliphatic carbocycles. The molecular weight excluding hydrogens is 300 g/mol. The summed E-state index contributed by atoms with van der Waals surface area (Å²) in [7, 11) is 0. The normalized spacial score (nSPS) is 32.3. The van der Waals surface area contributed by atoms with Crippen LogP contribution in [-0.2, 0) is 6.54 Å². The highest BCUT2D eigenvalue weighted by molar-refractivity contribution is 5.74. The lowest BCUT2D eigenvalue weighted by Gasteiger charge is -2.48. The van der Waals surface area contributed by atoms with Crippen LogP contribution in [0.25, 0.3) is 0 Å². The molecule has 0 radical (unpaired) electrons. The predicted octanol–water partition coefficient (Wildman–Crippen LogP) is 4.06. The third-order valence-electron chi connectivity index (χ3n) is 5.91. The van der Waals surface area contributed by atoms with Gasteiger partial charge in [-0.05, 0) is 63.2 Å². The predicted molar refractivity (Wildman–Crippen MR) is 99.9 cm³/mol. The number of urea groups is 1. The van der Waals surface area contributed by atoms with Crippen LogP contribution in [0.15, 0.2) is 18.7 Å². The van der Waals surface area contributed by atoms with Crippen LogP contribution in [0.3, 0.4) is 0 Å². The van der Waals surface area contributed by atoms with Crippen LogP contribution in [0.2, 0.25) is 0 Å². The van der Waals surface area contributed by atoms with E-state index in [0.717, 1.165) is 43.6 Å². The van der Waals surface area contributed by atoms with Crippen LogP contribution in [0, 0.1) is 17.8 Å². The van der Waals surface area contributed by atoms with Crippen molar-refractivity contribution in [2.75, 3.05) is 6.54 Å². The molecule has 2 bridgehead atoms. The Hall–Kier alpha value is -1.52. The van der Waals surface area contributed by atoms with Gasteiger partial charge in [-0.1, -0.05) is 13.3 Å². The zero-order chi connectivity index (χ0) is 17.0. The molecule has 2 aliphatic rings. The van der Waals surface area contributed by atoms with E-state index in [0.29, 0.717) is 6.54 Å². The van der Waals surface area contributed by atoms with Crippen molar-refractivity contribution in [2.24, 2.45) is 17.8 Å². The van der Waals surface area contributed by atoms with E-state index in [1.807, 2.05) is 17.1 Å². The van der Waals surface area contributed by atoms with Gasteiger partial charge in [0.05, 0.1) is 6.33 Å². The van der Waals surface area contributed by atoms with Crippen LogP contribution in [-0.4, -0.2) is 27.7 Å². The minimum absolute atomic E-state index is 0. The van der Waals surface area contributed by atoms with Crippen LogP contribution in [0.4, 0.5) is 4.79 Å². The minimum atomic E-state index is -0.0271. The fraction of sp³-hybridized carbons (Fsp3) is 0.789. The average molecular weight is 337 g/mol. The molecule has 2 fully saturated rings. The summed E-state index contributed by atoms with van der Waals surface area (Å²) < 4.78 is 2.04. The molecule has 0 aromatic carbocycles. The number of imidazole rings is 1. The highest BCUT2D eigenvalue weighted by Gasteiger charge is 2.42. The summed E-state index contributed by atoms with van der Waals surface area (Å²) in [5.74, 6) is 2.51. The maximum absolute atomic E-state index is 12.3. The number of carbonyl (C=O) groups excluding carboxylic acids is 1. The number of amides is 2. The van der Waals surface area contributed by atoms with Crippen molar-refractivity contribution in [3.63, 3.8) is 0 Å². The Kier molecular flexibility index (Phi) is 5.47. The lowest BCUT2D eigenvalue weighted by atomic mass is 9.62. The molecule has 1 aromatic heterocycles. The summed E-state index contributed by atoms with van der Waals surface area (Å²) in [5, 5.41) is 6.30. The first-order chi connectivity index (χ1) is 11.6. The first-order valence-electron chi connectivity index (χ1n) is 9.58. The van der Waals surface area contributed by atoms with Crippen LogP contribution in [0.1, 0.15) is 61.6 Å². The zero-order valence-electron chi connectivity index (χ0n) is 15.1. The second-order valence-electron chi connectivity index (χ2n) is 8.22. The molecule has 1 aromatic rings. The molecule has 2 atom stereocenters.